The maximum absolute atomic E-state index is 10.6. The smallest absolute Gasteiger partial charge is 0.0421 e. The molecule has 2 atom stereocenters. The zero-order valence-corrected chi connectivity index (χ0v) is 10.2. The molecule has 0 aromatic carbocycles. The maximum atomic E-state index is 10.6. The van der Waals surface area contributed by atoms with E-state index in [2.05, 4.69) is 0 Å². The van der Waals surface area contributed by atoms with Crippen molar-refractivity contribution in [2.75, 3.05) is 24.0 Å². The van der Waals surface area contributed by atoms with Crippen LogP contribution in [-0.4, -0.2) is 32.4 Å². The van der Waals surface area contributed by atoms with E-state index in [0.717, 1.165) is 11.5 Å². The number of rotatable bonds is 6. The standard InChI is InChI=1S/C8H14O2S3/c1-12(9)7-3-5-11-6-4-8-13(2)10/h3-4,7-8H,5-6H2,1-2H3. The predicted molar refractivity (Wildman–Crippen MR) is 63.7 cm³/mol. The molecule has 0 fully saturated rings. The Kier molecular flexibility index (Phi) is 8.80. The summed E-state index contributed by atoms with van der Waals surface area (Å²) < 4.78 is 21.2. The highest BCUT2D eigenvalue weighted by Crippen LogP contribution is 2.00. The monoisotopic (exact) mass is 238 g/mol. The van der Waals surface area contributed by atoms with Crippen LogP contribution in [0.2, 0.25) is 0 Å². The molecule has 0 heterocycles. The highest BCUT2D eigenvalue weighted by molar-refractivity contribution is 7.99. The highest BCUT2D eigenvalue weighted by atomic mass is 32.2. The van der Waals surface area contributed by atoms with E-state index in [-0.39, 0.29) is 0 Å². The highest BCUT2D eigenvalue weighted by Gasteiger charge is 1.83. The fourth-order valence-electron chi connectivity index (χ4n) is 0.554. The second-order valence-electron chi connectivity index (χ2n) is 2.28. The van der Waals surface area contributed by atoms with Crippen LogP contribution >= 0.6 is 11.8 Å². The Morgan fingerprint density at radius 3 is 1.69 bits per heavy atom. The second kappa shape index (κ2) is 8.72. The first-order valence-electron chi connectivity index (χ1n) is 3.68. The first kappa shape index (κ1) is 13.1. The lowest BCUT2D eigenvalue weighted by Crippen LogP contribution is -1.80. The van der Waals surface area contributed by atoms with Gasteiger partial charge >= 0.3 is 0 Å². The van der Waals surface area contributed by atoms with Gasteiger partial charge in [-0.15, -0.1) is 0 Å². The molecule has 2 nitrogen and oxygen atoms in total. The SMILES string of the molecule is CS(=O)C=CCSCC=CS(C)=O. The Bertz CT molecular complexity index is 210. The van der Waals surface area contributed by atoms with Gasteiger partial charge in [0.2, 0.25) is 0 Å². The summed E-state index contributed by atoms with van der Waals surface area (Å²) in [6.45, 7) is 0. The second-order valence-corrected chi connectivity index (χ2v) is 5.89. The van der Waals surface area contributed by atoms with Crippen molar-refractivity contribution < 1.29 is 8.42 Å². The van der Waals surface area contributed by atoms with Crippen molar-refractivity contribution >= 4 is 33.4 Å². The van der Waals surface area contributed by atoms with Crippen LogP contribution in [0, 0.1) is 0 Å². The molecular formula is C8H14O2S3. The van der Waals surface area contributed by atoms with Gasteiger partial charge in [-0.3, -0.25) is 8.42 Å². The van der Waals surface area contributed by atoms with Crippen LogP contribution in [-0.2, 0) is 21.6 Å². The van der Waals surface area contributed by atoms with Crippen LogP contribution < -0.4 is 0 Å². The number of hydrogen-bond acceptors (Lipinski definition) is 3. The van der Waals surface area contributed by atoms with Crippen molar-refractivity contribution in [2.45, 2.75) is 0 Å². The summed E-state index contributed by atoms with van der Waals surface area (Å²) in [5, 5.41) is 3.35. The normalized spacial score (nSPS) is 16.8. The van der Waals surface area contributed by atoms with E-state index in [1.54, 1.807) is 35.1 Å². The summed E-state index contributed by atoms with van der Waals surface area (Å²) in [6.07, 6.45) is 7.05. The van der Waals surface area contributed by atoms with Gasteiger partial charge in [-0.25, -0.2) is 0 Å². The van der Waals surface area contributed by atoms with Crippen LogP contribution in [0.3, 0.4) is 0 Å². The first-order valence-corrected chi connectivity index (χ1v) is 8.08. The lowest BCUT2D eigenvalue weighted by Gasteiger charge is -1.89. The van der Waals surface area contributed by atoms with E-state index >= 15 is 0 Å². The van der Waals surface area contributed by atoms with Crippen LogP contribution in [0.5, 0.6) is 0 Å². The molecule has 0 aromatic rings. The minimum Gasteiger partial charge on any atom is -0.255 e. The van der Waals surface area contributed by atoms with Gasteiger partial charge in [-0.05, 0) is 10.8 Å². The Labute approximate surface area is 88.8 Å². The van der Waals surface area contributed by atoms with Gasteiger partial charge in [-0.2, -0.15) is 11.8 Å². The molecule has 0 amide bonds. The van der Waals surface area contributed by atoms with Gasteiger partial charge in [0, 0.05) is 45.6 Å². The molecule has 0 aliphatic heterocycles. The Hall–Kier alpha value is 0.130. The third-order valence-electron chi connectivity index (χ3n) is 1.00. The molecule has 13 heavy (non-hydrogen) atoms. The molecule has 0 bridgehead atoms. The van der Waals surface area contributed by atoms with Gasteiger partial charge in [0.05, 0.1) is 0 Å². The van der Waals surface area contributed by atoms with Gasteiger partial charge in [0.25, 0.3) is 0 Å². The van der Waals surface area contributed by atoms with Gasteiger partial charge in [-0.1, -0.05) is 12.2 Å². The Balaban J connectivity index is 3.36. The van der Waals surface area contributed by atoms with E-state index in [4.69, 9.17) is 0 Å². The topological polar surface area (TPSA) is 34.1 Å². The van der Waals surface area contributed by atoms with E-state index in [1.165, 1.54) is 0 Å². The third-order valence-corrected chi connectivity index (χ3v) is 3.01. The summed E-state index contributed by atoms with van der Waals surface area (Å²) in [7, 11) is -1.68. The summed E-state index contributed by atoms with van der Waals surface area (Å²) in [5.41, 5.74) is 0. The minimum absolute atomic E-state index is 0.841. The lowest BCUT2D eigenvalue weighted by atomic mass is 10.7. The molecule has 0 aliphatic carbocycles. The third kappa shape index (κ3) is 12.1. The van der Waals surface area contributed by atoms with E-state index in [0.29, 0.717) is 0 Å². The van der Waals surface area contributed by atoms with Crippen molar-refractivity contribution in [3.63, 3.8) is 0 Å². The van der Waals surface area contributed by atoms with Crippen LogP contribution in [0.15, 0.2) is 23.0 Å². The average molecular weight is 238 g/mol. The molecule has 0 saturated carbocycles. The van der Waals surface area contributed by atoms with Gasteiger partial charge < -0.3 is 0 Å². The minimum atomic E-state index is -0.841. The summed E-state index contributed by atoms with van der Waals surface area (Å²) in [4.78, 5) is 0. The summed E-state index contributed by atoms with van der Waals surface area (Å²) in [5.74, 6) is 1.69. The van der Waals surface area contributed by atoms with Crippen molar-refractivity contribution in [3.05, 3.63) is 23.0 Å². The summed E-state index contributed by atoms with van der Waals surface area (Å²) >= 11 is 1.69. The molecule has 2 unspecified atom stereocenters. The molecule has 0 spiro atoms. The predicted octanol–water partition coefficient (Wildman–Crippen LogP) is 1.50. The molecule has 0 aliphatic rings. The lowest BCUT2D eigenvalue weighted by molar-refractivity contribution is 0.691. The maximum Gasteiger partial charge on any atom is 0.0421 e. The fourth-order valence-corrected chi connectivity index (χ4v) is 2.13. The molecule has 0 aromatic heterocycles. The van der Waals surface area contributed by atoms with Crippen LogP contribution in [0.4, 0.5) is 0 Å². The van der Waals surface area contributed by atoms with Gasteiger partial charge in [0.15, 0.2) is 0 Å². The van der Waals surface area contributed by atoms with Crippen LogP contribution in [0.1, 0.15) is 0 Å². The van der Waals surface area contributed by atoms with E-state index < -0.39 is 21.6 Å². The van der Waals surface area contributed by atoms with Crippen molar-refractivity contribution in [1.82, 2.24) is 0 Å². The molecule has 0 radical (unpaired) electrons. The van der Waals surface area contributed by atoms with Crippen molar-refractivity contribution in [2.24, 2.45) is 0 Å². The Morgan fingerprint density at radius 2 is 1.38 bits per heavy atom. The van der Waals surface area contributed by atoms with Gasteiger partial charge in [0.1, 0.15) is 0 Å². The van der Waals surface area contributed by atoms with Crippen molar-refractivity contribution in [1.29, 1.82) is 0 Å². The zero-order valence-electron chi connectivity index (χ0n) is 7.76. The van der Waals surface area contributed by atoms with E-state index in [9.17, 15) is 8.42 Å². The van der Waals surface area contributed by atoms with E-state index in [1.807, 2.05) is 12.2 Å². The number of hydrogen-bond donors (Lipinski definition) is 0. The molecular weight excluding hydrogens is 224 g/mol. The molecule has 0 rings (SSSR count). The van der Waals surface area contributed by atoms with Crippen molar-refractivity contribution in [3.8, 4) is 0 Å². The Morgan fingerprint density at radius 1 is 1.00 bits per heavy atom. The largest absolute Gasteiger partial charge is 0.255 e. The average Bonchev–Trinajstić information content (AvgIpc) is 2.01. The zero-order chi connectivity index (χ0) is 10.1. The van der Waals surface area contributed by atoms with Crippen LogP contribution in [0.25, 0.3) is 0 Å². The number of thioether (sulfide) groups is 1. The molecule has 76 valence electrons. The molecule has 0 N–H and O–H groups in total. The molecule has 5 heteroatoms. The quantitative estimate of drug-likeness (QED) is 0.658. The molecule has 0 saturated heterocycles. The first-order chi connectivity index (χ1) is 6.13. The fraction of sp³-hybridized carbons (Fsp3) is 0.500. The summed E-state index contributed by atoms with van der Waals surface area (Å²) in [6, 6.07) is 0.